The molecular formula is C18H22N2O. The molecule has 1 aliphatic heterocycles. The largest absolute Gasteiger partial charge is 0.455 e. The fourth-order valence-electron chi connectivity index (χ4n) is 2.74. The van der Waals surface area contributed by atoms with Gasteiger partial charge in [0.15, 0.2) is 5.75 Å². The van der Waals surface area contributed by atoms with Gasteiger partial charge in [-0.15, -0.1) is 0 Å². The van der Waals surface area contributed by atoms with Crippen LogP contribution in [0, 0.1) is 0 Å². The lowest BCUT2D eigenvalue weighted by Crippen LogP contribution is -2.35. The van der Waals surface area contributed by atoms with Crippen LogP contribution in [0.4, 0.5) is 5.69 Å². The molecule has 0 aromatic heterocycles. The zero-order chi connectivity index (χ0) is 14.5. The van der Waals surface area contributed by atoms with Crippen LogP contribution in [0.3, 0.4) is 0 Å². The third-order valence-electron chi connectivity index (χ3n) is 3.77. The van der Waals surface area contributed by atoms with Crippen molar-refractivity contribution in [3.05, 3.63) is 54.6 Å². The second-order valence-corrected chi connectivity index (χ2v) is 5.54. The molecule has 1 unspecified atom stereocenters. The number of nitrogens with one attached hydrogen (secondary N) is 1. The number of nitrogens with zero attached hydrogens (tertiary/aromatic N) is 1. The Morgan fingerprint density at radius 3 is 2.67 bits per heavy atom. The van der Waals surface area contributed by atoms with Gasteiger partial charge in [-0.1, -0.05) is 30.3 Å². The molecule has 0 spiro atoms. The fourth-order valence-corrected chi connectivity index (χ4v) is 2.74. The van der Waals surface area contributed by atoms with E-state index in [4.69, 9.17) is 4.74 Å². The van der Waals surface area contributed by atoms with Gasteiger partial charge < -0.3 is 15.0 Å². The molecule has 3 rings (SSSR count). The first-order valence-corrected chi connectivity index (χ1v) is 7.63. The molecule has 0 saturated carbocycles. The average Bonchev–Trinajstić information content (AvgIpc) is 2.73. The molecule has 0 radical (unpaired) electrons. The van der Waals surface area contributed by atoms with E-state index < -0.39 is 0 Å². The van der Waals surface area contributed by atoms with E-state index in [2.05, 4.69) is 29.3 Å². The Morgan fingerprint density at radius 1 is 1.05 bits per heavy atom. The monoisotopic (exact) mass is 282 g/mol. The van der Waals surface area contributed by atoms with Crippen molar-refractivity contribution < 1.29 is 4.74 Å². The predicted octanol–water partition coefficient (Wildman–Crippen LogP) is 3.67. The molecule has 1 fully saturated rings. The second kappa shape index (κ2) is 6.64. The number of ether oxygens (including phenoxy) is 1. The Bertz CT molecular complexity index is 570. The number of anilines is 1. The number of hydrogen-bond donors (Lipinski definition) is 1. The number of benzene rings is 2. The Hall–Kier alpha value is -2.00. The lowest BCUT2D eigenvalue weighted by atomic mass is 10.2. The van der Waals surface area contributed by atoms with Crippen molar-refractivity contribution in [2.24, 2.45) is 0 Å². The highest BCUT2D eigenvalue weighted by molar-refractivity contribution is 5.59. The zero-order valence-electron chi connectivity index (χ0n) is 12.5. The molecular weight excluding hydrogens is 260 g/mol. The quantitative estimate of drug-likeness (QED) is 0.929. The molecule has 2 aromatic rings. The summed E-state index contributed by atoms with van der Waals surface area (Å²) in [5, 5.41) is 3.53. The lowest BCUT2D eigenvalue weighted by molar-refractivity contribution is 0.480. The number of rotatable bonds is 3. The van der Waals surface area contributed by atoms with Gasteiger partial charge in [-0.25, -0.2) is 0 Å². The van der Waals surface area contributed by atoms with Crippen LogP contribution in [-0.4, -0.2) is 25.7 Å². The molecule has 110 valence electrons. The SMILES string of the molecule is CC1CN(c2ccccc2Oc2ccccc2)CCCN1. The van der Waals surface area contributed by atoms with E-state index in [1.807, 2.05) is 42.5 Å². The summed E-state index contributed by atoms with van der Waals surface area (Å²) in [5.41, 5.74) is 1.18. The maximum atomic E-state index is 6.08. The van der Waals surface area contributed by atoms with Crippen molar-refractivity contribution in [3.63, 3.8) is 0 Å². The van der Waals surface area contributed by atoms with Crippen molar-refractivity contribution in [3.8, 4) is 11.5 Å². The highest BCUT2D eigenvalue weighted by Crippen LogP contribution is 2.32. The van der Waals surface area contributed by atoms with Gasteiger partial charge in [0.25, 0.3) is 0 Å². The molecule has 3 nitrogen and oxygen atoms in total. The molecule has 1 atom stereocenters. The summed E-state index contributed by atoms with van der Waals surface area (Å²) in [6.45, 7) is 5.39. The lowest BCUT2D eigenvalue weighted by Gasteiger charge is -2.26. The minimum Gasteiger partial charge on any atom is -0.455 e. The molecule has 2 aromatic carbocycles. The van der Waals surface area contributed by atoms with E-state index in [-0.39, 0.29) is 0 Å². The van der Waals surface area contributed by atoms with Crippen LogP contribution in [-0.2, 0) is 0 Å². The number of para-hydroxylation sites is 3. The van der Waals surface area contributed by atoms with Crippen LogP contribution in [0.15, 0.2) is 54.6 Å². The zero-order valence-corrected chi connectivity index (χ0v) is 12.5. The molecule has 3 heteroatoms. The predicted molar refractivity (Wildman–Crippen MR) is 87.3 cm³/mol. The van der Waals surface area contributed by atoms with Gasteiger partial charge in [-0.3, -0.25) is 0 Å². The molecule has 0 bridgehead atoms. The Kier molecular flexibility index (Phi) is 4.41. The Balaban J connectivity index is 1.85. The van der Waals surface area contributed by atoms with Crippen LogP contribution < -0.4 is 15.0 Å². The van der Waals surface area contributed by atoms with Crippen LogP contribution in [0.2, 0.25) is 0 Å². The van der Waals surface area contributed by atoms with Crippen molar-refractivity contribution in [2.45, 2.75) is 19.4 Å². The highest BCUT2D eigenvalue weighted by atomic mass is 16.5. The van der Waals surface area contributed by atoms with E-state index in [1.54, 1.807) is 0 Å². The van der Waals surface area contributed by atoms with Crippen molar-refractivity contribution in [2.75, 3.05) is 24.5 Å². The minimum atomic E-state index is 0.497. The summed E-state index contributed by atoms with van der Waals surface area (Å²) >= 11 is 0. The minimum absolute atomic E-state index is 0.497. The van der Waals surface area contributed by atoms with Crippen LogP contribution >= 0.6 is 0 Å². The molecule has 1 saturated heterocycles. The summed E-state index contributed by atoms with van der Waals surface area (Å²) in [5.74, 6) is 1.81. The summed E-state index contributed by atoms with van der Waals surface area (Å²) < 4.78 is 6.08. The van der Waals surface area contributed by atoms with Gasteiger partial charge in [0.1, 0.15) is 5.75 Å². The Morgan fingerprint density at radius 2 is 1.81 bits per heavy atom. The van der Waals surface area contributed by atoms with Crippen molar-refractivity contribution in [1.82, 2.24) is 5.32 Å². The smallest absolute Gasteiger partial charge is 0.150 e. The van der Waals surface area contributed by atoms with E-state index in [1.165, 1.54) is 5.69 Å². The normalized spacial score (nSPS) is 19.1. The third kappa shape index (κ3) is 3.56. The fraction of sp³-hybridized carbons (Fsp3) is 0.333. The summed E-state index contributed by atoms with van der Waals surface area (Å²) in [6, 6.07) is 18.8. The van der Waals surface area contributed by atoms with Crippen molar-refractivity contribution >= 4 is 5.69 Å². The molecule has 1 heterocycles. The second-order valence-electron chi connectivity index (χ2n) is 5.54. The average molecular weight is 282 g/mol. The maximum absolute atomic E-state index is 6.08. The van der Waals surface area contributed by atoms with E-state index >= 15 is 0 Å². The molecule has 0 aliphatic carbocycles. The molecule has 0 amide bonds. The first kappa shape index (κ1) is 14.0. The van der Waals surface area contributed by atoms with Gasteiger partial charge in [-0.2, -0.15) is 0 Å². The number of hydrogen-bond acceptors (Lipinski definition) is 3. The molecule has 21 heavy (non-hydrogen) atoms. The third-order valence-corrected chi connectivity index (χ3v) is 3.77. The summed E-state index contributed by atoms with van der Waals surface area (Å²) in [6.07, 6.45) is 1.16. The maximum Gasteiger partial charge on any atom is 0.150 e. The van der Waals surface area contributed by atoms with Gasteiger partial charge in [0.2, 0.25) is 0 Å². The topological polar surface area (TPSA) is 24.5 Å². The van der Waals surface area contributed by atoms with Crippen LogP contribution in [0.5, 0.6) is 11.5 Å². The first-order valence-electron chi connectivity index (χ1n) is 7.63. The summed E-state index contributed by atoms with van der Waals surface area (Å²) in [7, 11) is 0. The highest BCUT2D eigenvalue weighted by Gasteiger charge is 2.17. The molecule has 1 aliphatic rings. The Labute approximate surface area is 126 Å². The first-order chi connectivity index (χ1) is 10.3. The molecule has 1 N–H and O–H groups in total. The van der Waals surface area contributed by atoms with Crippen molar-refractivity contribution in [1.29, 1.82) is 0 Å². The van der Waals surface area contributed by atoms with Gasteiger partial charge in [-0.05, 0) is 44.2 Å². The van der Waals surface area contributed by atoms with Gasteiger partial charge in [0, 0.05) is 19.1 Å². The van der Waals surface area contributed by atoms with Crippen LogP contribution in [0.1, 0.15) is 13.3 Å². The van der Waals surface area contributed by atoms with Gasteiger partial charge in [0.05, 0.1) is 5.69 Å². The summed E-state index contributed by atoms with van der Waals surface area (Å²) in [4.78, 5) is 2.42. The standard InChI is InChI=1S/C18H22N2O/c1-15-14-20(13-7-12-19-15)17-10-5-6-11-18(17)21-16-8-3-2-4-9-16/h2-6,8-11,15,19H,7,12-14H2,1H3. The van der Waals surface area contributed by atoms with E-state index in [9.17, 15) is 0 Å². The van der Waals surface area contributed by atoms with E-state index in [0.717, 1.165) is 37.6 Å². The van der Waals surface area contributed by atoms with E-state index in [0.29, 0.717) is 6.04 Å². The van der Waals surface area contributed by atoms with Crippen LogP contribution in [0.25, 0.3) is 0 Å². The van der Waals surface area contributed by atoms with Gasteiger partial charge >= 0.3 is 0 Å².